The molecule has 0 saturated heterocycles. The third-order valence-electron chi connectivity index (χ3n) is 3.19. The summed E-state index contributed by atoms with van der Waals surface area (Å²) in [7, 11) is 1.56. The predicted molar refractivity (Wildman–Crippen MR) is 94.1 cm³/mol. The zero-order valence-electron chi connectivity index (χ0n) is 13.8. The summed E-state index contributed by atoms with van der Waals surface area (Å²) < 4.78 is 15.4. The number of nitrogens with one attached hydrogen (secondary N) is 1. The fourth-order valence-electron chi connectivity index (χ4n) is 1.90. The standard InChI is InChI=1S/C18H18ClNO5/c1-12(18(22)20-14-6-8-15(23-2)9-7-14)25-17(21)11-24-16-5-3-4-13(19)10-16/h3-10,12H,11H2,1-2H3,(H,20,22)/t12-/m1/s1. The summed E-state index contributed by atoms with van der Waals surface area (Å²) in [5.74, 6) is 0.0223. The molecule has 25 heavy (non-hydrogen) atoms. The van der Waals surface area contributed by atoms with Gasteiger partial charge in [0.2, 0.25) is 0 Å². The van der Waals surface area contributed by atoms with Crippen LogP contribution in [0.5, 0.6) is 11.5 Å². The first kappa shape index (κ1) is 18.6. The van der Waals surface area contributed by atoms with Crippen molar-refractivity contribution < 1.29 is 23.8 Å². The molecular formula is C18H18ClNO5. The van der Waals surface area contributed by atoms with E-state index in [0.717, 1.165) is 0 Å². The second kappa shape index (κ2) is 8.94. The molecular weight excluding hydrogens is 346 g/mol. The van der Waals surface area contributed by atoms with E-state index in [4.69, 9.17) is 25.8 Å². The molecule has 7 heteroatoms. The van der Waals surface area contributed by atoms with Gasteiger partial charge in [-0.1, -0.05) is 17.7 Å². The minimum absolute atomic E-state index is 0.319. The molecule has 2 aromatic rings. The number of hydrogen-bond donors (Lipinski definition) is 1. The minimum atomic E-state index is -0.961. The lowest BCUT2D eigenvalue weighted by Crippen LogP contribution is -2.31. The van der Waals surface area contributed by atoms with Crippen molar-refractivity contribution in [2.45, 2.75) is 13.0 Å². The van der Waals surface area contributed by atoms with Crippen molar-refractivity contribution in [2.75, 3.05) is 19.0 Å². The van der Waals surface area contributed by atoms with Crippen LogP contribution in [0.25, 0.3) is 0 Å². The van der Waals surface area contributed by atoms with Gasteiger partial charge in [-0.25, -0.2) is 4.79 Å². The number of esters is 1. The highest BCUT2D eigenvalue weighted by atomic mass is 35.5. The van der Waals surface area contributed by atoms with E-state index in [9.17, 15) is 9.59 Å². The maximum Gasteiger partial charge on any atom is 0.344 e. The van der Waals surface area contributed by atoms with Crippen molar-refractivity contribution in [2.24, 2.45) is 0 Å². The molecule has 0 aliphatic rings. The molecule has 0 heterocycles. The second-order valence-electron chi connectivity index (χ2n) is 5.10. The molecule has 0 radical (unpaired) electrons. The summed E-state index contributed by atoms with van der Waals surface area (Å²) in [5, 5.41) is 3.15. The highest BCUT2D eigenvalue weighted by Crippen LogP contribution is 2.17. The lowest BCUT2D eigenvalue weighted by molar-refractivity contribution is -0.155. The monoisotopic (exact) mass is 363 g/mol. The minimum Gasteiger partial charge on any atom is -0.497 e. The lowest BCUT2D eigenvalue weighted by Gasteiger charge is -2.14. The quantitative estimate of drug-likeness (QED) is 0.764. The Morgan fingerprint density at radius 3 is 2.48 bits per heavy atom. The largest absolute Gasteiger partial charge is 0.497 e. The lowest BCUT2D eigenvalue weighted by atomic mass is 10.3. The predicted octanol–water partition coefficient (Wildman–Crippen LogP) is 3.30. The van der Waals surface area contributed by atoms with Gasteiger partial charge >= 0.3 is 5.97 Å². The van der Waals surface area contributed by atoms with Crippen LogP contribution in [0.15, 0.2) is 48.5 Å². The Hall–Kier alpha value is -2.73. The molecule has 0 saturated carbocycles. The van der Waals surface area contributed by atoms with Crippen LogP contribution in [0.1, 0.15) is 6.92 Å². The summed E-state index contributed by atoms with van der Waals surface area (Å²) in [6.45, 7) is 1.16. The average Bonchev–Trinajstić information content (AvgIpc) is 2.60. The number of methoxy groups -OCH3 is 1. The fraction of sp³-hybridized carbons (Fsp3) is 0.222. The molecule has 0 unspecified atom stereocenters. The van der Waals surface area contributed by atoms with Gasteiger partial charge in [-0.05, 0) is 49.4 Å². The molecule has 0 fully saturated rings. The Balaban J connectivity index is 1.80. The van der Waals surface area contributed by atoms with Gasteiger partial charge in [-0.2, -0.15) is 0 Å². The molecule has 6 nitrogen and oxygen atoms in total. The third kappa shape index (κ3) is 6.00. The van der Waals surface area contributed by atoms with Gasteiger partial charge in [0.15, 0.2) is 12.7 Å². The summed E-state index contributed by atoms with van der Waals surface area (Å²) in [6.07, 6.45) is -0.961. The Labute approximate surface area is 150 Å². The first-order valence-corrected chi connectivity index (χ1v) is 7.88. The molecule has 0 aromatic heterocycles. The first-order valence-electron chi connectivity index (χ1n) is 7.50. The van der Waals surface area contributed by atoms with Crippen LogP contribution in [-0.2, 0) is 14.3 Å². The van der Waals surface area contributed by atoms with Gasteiger partial charge in [-0.15, -0.1) is 0 Å². The number of anilines is 1. The molecule has 1 amide bonds. The summed E-state index contributed by atoms with van der Waals surface area (Å²) in [5.41, 5.74) is 0.573. The van der Waals surface area contributed by atoms with E-state index >= 15 is 0 Å². The number of carbonyl (C=O) groups is 2. The topological polar surface area (TPSA) is 73.9 Å². The van der Waals surface area contributed by atoms with Crippen LogP contribution in [-0.4, -0.2) is 31.7 Å². The van der Waals surface area contributed by atoms with Crippen LogP contribution < -0.4 is 14.8 Å². The van der Waals surface area contributed by atoms with Crippen LogP contribution in [0.2, 0.25) is 5.02 Å². The van der Waals surface area contributed by atoms with E-state index in [1.807, 2.05) is 0 Å². The van der Waals surface area contributed by atoms with Gasteiger partial charge in [0, 0.05) is 10.7 Å². The fourth-order valence-corrected chi connectivity index (χ4v) is 2.08. The number of ether oxygens (including phenoxy) is 3. The molecule has 0 spiro atoms. The van der Waals surface area contributed by atoms with E-state index in [2.05, 4.69) is 5.32 Å². The number of amides is 1. The molecule has 0 aliphatic heterocycles. The molecule has 1 N–H and O–H groups in total. The Morgan fingerprint density at radius 1 is 1.12 bits per heavy atom. The number of carbonyl (C=O) groups excluding carboxylic acids is 2. The van der Waals surface area contributed by atoms with Crippen LogP contribution in [0.3, 0.4) is 0 Å². The van der Waals surface area contributed by atoms with Crippen molar-refractivity contribution in [3.8, 4) is 11.5 Å². The first-order chi connectivity index (χ1) is 12.0. The van der Waals surface area contributed by atoms with Crippen LogP contribution in [0.4, 0.5) is 5.69 Å². The van der Waals surface area contributed by atoms with Crippen molar-refractivity contribution in [1.82, 2.24) is 0 Å². The Morgan fingerprint density at radius 2 is 1.84 bits per heavy atom. The van der Waals surface area contributed by atoms with Gasteiger partial charge in [0.1, 0.15) is 11.5 Å². The van der Waals surface area contributed by atoms with E-state index in [-0.39, 0.29) is 6.61 Å². The average molecular weight is 364 g/mol. The van der Waals surface area contributed by atoms with E-state index in [0.29, 0.717) is 22.2 Å². The normalized spacial score (nSPS) is 11.3. The van der Waals surface area contributed by atoms with E-state index in [1.165, 1.54) is 6.92 Å². The third-order valence-corrected chi connectivity index (χ3v) is 3.42. The second-order valence-corrected chi connectivity index (χ2v) is 5.53. The van der Waals surface area contributed by atoms with Gasteiger partial charge in [0.05, 0.1) is 7.11 Å². The molecule has 1 atom stereocenters. The number of benzene rings is 2. The SMILES string of the molecule is COc1ccc(NC(=O)[C@@H](C)OC(=O)COc2cccc(Cl)c2)cc1. The van der Waals surface area contributed by atoms with Crippen molar-refractivity contribution >= 4 is 29.2 Å². The maximum absolute atomic E-state index is 12.0. The molecule has 0 bridgehead atoms. The van der Waals surface area contributed by atoms with Gasteiger partial charge in [-0.3, -0.25) is 4.79 Å². The summed E-state index contributed by atoms with van der Waals surface area (Å²) in [6, 6.07) is 13.4. The highest BCUT2D eigenvalue weighted by Gasteiger charge is 2.18. The van der Waals surface area contributed by atoms with Crippen molar-refractivity contribution in [1.29, 1.82) is 0 Å². The van der Waals surface area contributed by atoms with Crippen LogP contribution in [0, 0.1) is 0 Å². The highest BCUT2D eigenvalue weighted by molar-refractivity contribution is 6.30. The molecule has 132 valence electrons. The van der Waals surface area contributed by atoms with Gasteiger partial charge < -0.3 is 19.5 Å². The summed E-state index contributed by atoms with van der Waals surface area (Å²) >= 11 is 5.83. The summed E-state index contributed by atoms with van der Waals surface area (Å²) in [4.78, 5) is 23.8. The molecule has 2 rings (SSSR count). The molecule has 0 aliphatic carbocycles. The maximum atomic E-state index is 12.0. The molecule has 2 aromatic carbocycles. The zero-order chi connectivity index (χ0) is 18.2. The number of hydrogen-bond acceptors (Lipinski definition) is 5. The van der Waals surface area contributed by atoms with Gasteiger partial charge in [0.25, 0.3) is 5.91 Å². The van der Waals surface area contributed by atoms with E-state index < -0.39 is 18.0 Å². The van der Waals surface area contributed by atoms with Crippen molar-refractivity contribution in [3.05, 3.63) is 53.6 Å². The van der Waals surface area contributed by atoms with Crippen LogP contribution >= 0.6 is 11.6 Å². The smallest absolute Gasteiger partial charge is 0.344 e. The zero-order valence-corrected chi connectivity index (χ0v) is 14.6. The van der Waals surface area contributed by atoms with Crippen molar-refractivity contribution in [3.63, 3.8) is 0 Å². The Kier molecular flexibility index (Phi) is 6.65. The Bertz CT molecular complexity index is 733. The van der Waals surface area contributed by atoms with E-state index in [1.54, 1.807) is 55.6 Å². The number of rotatable bonds is 7. The number of halogens is 1.